The van der Waals surface area contributed by atoms with Gasteiger partial charge in [0.05, 0.1) is 13.2 Å². The number of hydrogen-bond donors (Lipinski definition) is 1. The Morgan fingerprint density at radius 2 is 2.00 bits per heavy atom. The van der Waals surface area contributed by atoms with Crippen LogP contribution in [0, 0.1) is 11.8 Å². The average Bonchev–Trinajstić information content (AvgIpc) is 2.74. The first kappa shape index (κ1) is 16.1. The first-order chi connectivity index (χ1) is 9.09. The zero-order valence-electron chi connectivity index (χ0n) is 12.7. The van der Waals surface area contributed by atoms with Crippen molar-refractivity contribution in [2.45, 2.75) is 47.2 Å². The van der Waals surface area contributed by atoms with E-state index in [1.54, 1.807) is 6.33 Å². The van der Waals surface area contributed by atoms with Gasteiger partial charge < -0.3 is 10.1 Å². The van der Waals surface area contributed by atoms with Crippen molar-refractivity contribution in [3.63, 3.8) is 0 Å². The van der Waals surface area contributed by atoms with Gasteiger partial charge in [0.1, 0.15) is 12.2 Å². The molecule has 0 saturated carbocycles. The molecule has 0 amide bonds. The molecule has 0 unspecified atom stereocenters. The van der Waals surface area contributed by atoms with Crippen molar-refractivity contribution >= 4 is 0 Å². The van der Waals surface area contributed by atoms with E-state index < -0.39 is 0 Å². The van der Waals surface area contributed by atoms with Crippen molar-refractivity contribution in [2.24, 2.45) is 11.8 Å². The predicted molar refractivity (Wildman–Crippen MR) is 76.8 cm³/mol. The molecule has 0 saturated heterocycles. The fourth-order valence-electron chi connectivity index (χ4n) is 1.69. The quantitative estimate of drug-likeness (QED) is 0.660. The normalized spacial score (nSPS) is 11.7. The van der Waals surface area contributed by atoms with Crippen LogP contribution in [0.5, 0.6) is 0 Å². The third-order valence-corrected chi connectivity index (χ3v) is 2.78. The van der Waals surface area contributed by atoms with E-state index in [1.165, 1.54) is 0 Å². The molecular weight excluding hydrogens is 240 g/mol. The first-order valence-corrected chi connectivity index (χ1v) is 7.24. The van der Waals surface area contributed by atoms with Crippen LogP contribution in [0.1, 0.15) is 39.9 Å². The van der Waals surface area contributed by atoms with Gasteiger partial charge in [0.25, 0.3) is 0 Å². The van der Waals surface area contributed by atoms with Crippen molar-refractivity contribution in [1.82, 2.24) is 20.1 Å². The van der Waals surface area contributed by atoms with Crippen LogP contribution in [0.2, 0.25) is 0 Å². The summed E-state index contributed by atoms with van der Waals surface area (Å²) < 4.78 is 7.52. The van der Waals surface area contributed by atoms with E-state index in [2.05, 4.69) is 43.1 Å². The molecule has 1 heterocycles. The molecule has 0 aliphatic rings. The molecule has 5 heteroatoms. The van der Waals surface area contributed by atoms with E-state index in [4.69, 9.17) is 4.74 Å². The molecule has 1 N–H and O–H groups in total. The Hall–Kier alpha value is -0.940. The molecule has 0 radical (unpaired) electrons. The number of nitrogens with zero attached hydrogens (tertiary/aromatic N) is 3. The zero-order chi connectivity index (χ0) is 14.1. The van der Waals surface area contributed by atoms with Crippen LogP contribution in [0.4, 0.5) is 0 Å². The maximum absolute atomic E-state index is 5.55. The van der Waals surface area contributed by atoms with Crippen molar-refractivity contribution in [3.05, 3.63) is 12.2 Å². The van der Waals surface area contributed by atoms with E-state index in [0.29, 0.717) is 11.8 Å². The van der Waals surface area contributed by atoms with E-state index in [-0.39, 0.29) is 0 Å². The predicted octanol–water partition coefficient (Wildman–Crippen LogP) is 2.09. The number of aromatic nitrogens is 3. The summed E-state index contributed by atoms with van der Waals surface area (Å²) in [6.45, 7) is 12.9. The van der Waals surface area contributed by atoms with Gasteiger partial charge in [-0.2, -0.15) is 5.10 Å². The highest BCUT2D eigenvalue weighted by Crippen LogP contribution is 2.01. The van der Waals surface area contributed by atoms with Gasteiger partial charge in [-0.3, -0.25) is 0 Å². The minimum absolute atomic E-state index is 0.583. The standard InChI is InChI=1S/C14H28N4O/c1-12(2)5-7-19-8-6-15-9-14-16-11-17-18(14)10-13(3)4/h11-13,15H,5-10H2,1-4H3. The largest absolute Gasteiger partial charge is 0.380 e. The van der Waals surface area contributed by atoms with Crippen molar-refractivity contribution in [1.29, 1.82) is 0 Å². The Morgan fingerprint density at radius 3 is 2.68 bits per heavy atom. The summed E-state index contributed by atoms with van der Waals surface area (Å²) in [5.41, 5.74) is 0. The highest BCUT2D eigenvalue weighted by molar-refractivity contribution is 4.83. The van der Waals surface area contributed by atoms with Crippen molar-refractivity contribution in [3.8, 4) is 0 Å². The molecule has 0 aliphatic heterocycles. The Bertz CT molecular complexity index is 336. The number of nitrogens with one attached hydrogen (secondary N) is 1. The lowest BCUT2D eigenvalue weighted by atomic mass is 10.1. The van der Waals surface area contributed by atoms with Gasteiger partial charge in [0, 0.05) is 19.7 Å². The molecule has 0 atom stereocenters. The molecule has 1 aromatic rings. The summed E-state index contributed by atoms with van der Waals surface area (Å²) in [5, 5.41) is 7.58. The second kappa shape index (κ2) is 9.04. The third-order valence-electron chi connectivity index (χ3n) is 2.78. The van der Waals surface area contributed by atoms with Gasteiger partial charge in [-0.1, -0.05) is 27.7 Å². The average molecular weight is 268 g/mol. The van der Waals surface area contributed by atoms with E-state index in [1.807, 2.05) is 4.68 Å². The Kier molecular flexibility index (Phi) is 7.67. The van der Waals surface area contributed by atoms with E-state index in [0.717, 1.165) is 45.1 Å². The molecule has 0 spiro atoms. The first-order valence-electron chi connectivity index (χ1n) is 7.24. The lowest BCUT2D eigenvalue weighted by Crippen LogP contribution is -2.23. The summed E-state index contributed by atoms with van der Waals surface area (Å²) in [6.07, 6.45) is 2.75. The van der Waals surface area contributed by atoms with Crippen LogP contribution in [0.25, 0.3) is 0 Å². The molecule has 5 nitrogen and oxygen atoms in total. The summed E-state index contributed by atoms with van der Waals surface area (Å²) >= 11 is 0. The van der Waals surface area contributed by atoms with Crippen LogP contribution >= 0.6 is 0 Å². The number of rotatable bonds is 10. The van der Waals surface area contributed by atoms with Gasteiger partial charge in [-0.15, -0.1) is 0 Å². The van der Waals surface area contributed by atoms with Crippen molar-refractivity contribution in [2.75, 3.05) is 19.8 Å². The van der Waals surface area contributed by atoms with Crippen LogP contribution in [-0.2, 0) is 17.8 Å². The Balaban J connectivity index is 2.11. The maximum atomic E-state index is 5.55. The number of ether oxygens (including phenoxy) is 1. The third kappa shape index (κ3) is 7.28. The Labute approximate surface area is 116 Å². The summed E-state index contributed by atoms with van der Waals surface area (Å²) in [7, 11) is 0. The monoisotopic (exact) mass is 268 g/mol. The molecule has 19 heavy (non-hydrogen) atoms. The van der Waals surface area contributed by atoms with Gasteiger partial charge in [0.15, 0.2) is 0 Å². The molecule has 1 rings (SSSR count). The van der Waals surface area contributed by atoms with E-state index in [9.17, 15) is 0 Å². The number of hydrogen-bond acceptors (Lipinski definition) is 4. The summed E-state index contributed by atoms with van der Waals surface area (Å²) in [6, 6.07) is 0. The minimum atomic E-state index is 0.583. The van der Waals surface area contributed by atoms with Crippen molar-refractivity contribution < 1.29 is 4.74 Å². The van der Waals surface area contributed by atoms with Gasteiger partial charge >= 0.3 is 0 Å². The molecule has 0 fully saturated rings. The van der Waals surface area contributed by atoms with Crippen LogP contribution in [0.3, 0.4) is 0 Å². The fraction of sp³-hybridized carbons (Fsp3) is 0.857. The topological polar surface area (TPSA) is 52.0 Å². The van der Waals surface area contributed by atoms with Crippen LogP contribution in [-0.4, -0.2) is 34.5 Å². The SMILES string of the molecule is CC(C)CCOCCNCc1ncnn1CC(C)C. The molecule has 0 aromatic carbocycles. The maximum Gasteiger partial charge on any atom is 0.140 e. The lowest BCUT2D eigenvalue weighted by molar-refractivity contribution is 0.125. The second-order valence-corrected chi connectivity index (χ2v) is 5.72. The Morgan fingerprint density at radius 1 is 1.21 bits per heavy atom. The zero-order valence-corrected chi connectivity index (χ0v) is 12.7. The summed E-state index contributed by atoms with van der Waals surface area (Å²) in [4.78, 5) is 4.27. The highest BCUT2D eigenvalue weighted by Gasteiger charge is 2.05. The second-order valence-electron chi connectivity index (χ2n) is 5.72. The molecule has 110 valence electrons. The minimum Gasteiger partial charge on any atom is -0.380 e. The summed E-state index contributed by atoms with van der Waals surface area (Å²) in [5.74, 6) is 2.29. The molecule has 0 aliphatic carbocycles. The molecule has 0 bridgehead atoms. The smallest absolute Gasteiger partial charge is 0.140 e. The van der Waals surface area contributed by atoms with Gasteiger partial charge in [-0.25, -0.2) is 9.67 Å². The van der Waals surface area contributed by atoms with E-state index >= 15 is 0 Å². The van der Waals surface area contributed by atoms with Crippen LogP contribution in [0.15, 0.2) is 6.33 Å². The van der Waals surface area contributed by atoms with Gasteiger partial charge in [0.2, 0.25) is 0 Å². The van der Waals surface area contributed by atoms with Crippen LogP contribution < -0.4 is 5.32 Å². The highest BCUT2D eigenvalue weighted by atomic mass is 16.5. The lowest BCUT2D eigenvalue weighted by Gasteiger charge is -2.10. The molecular formula is C14H28N4O. The van der Waals surface area contributed by atoms with Gasteiger partial charge in [-0.05, 0) is 18.3 Å². The molecule has 1 aromatic heterocycles. The fourth-order valence-corrected chi connectivity index (χ4v) is 1.69.